The van der Waals surface area contributed by atoms with Crippen molar-refractivity contribution in [2.75, 3.05) is 6.61 Å². The molecule has 3 nitrogen and oxygen atoms in total. The lowest BCUT2D eigenvalue weighted by molar-refractivity contribution is -0.138. The molecule has 0 aliphatic carbocycles. The molecule has 0 bridgehead atoms. The average molecular weight is 127 g/mol. The van der Waals surface area contributed by atoms with Crippen LogP contribution in [0.15, 0.2) is 4.99 Å². The van der Waals surface area contributed by atoms with Crippen molar-refractivity contribution in [3.63, 3.8) is 0 Å². The molecule has 0 aromatic heterocycles. The fourth-order valence-corrected chi connectivity index (χ4v) is 0.583. The van der Waals surface area contributed by atoms with Gasteiger partial charge >= 0.3 is 0 Å². The van der Waals surface area contributed by atoms with Crippen molar-refractivity contribution in [1.29, 1.82) is 0 Å². The first-order chi connectivity index (χ1) is 4.13. The van der Waals surface area contributed by atoms with Crippen LogP contribution in [-0.4, -0.2) is 24.3 Å². The molecule has 0 spiro atoms. The summed E-state index contributed by atoms with van der Waals surface area (Å²) in [5.74, 6) is -0.200. The zero-order valence-corrected chi connectivity index (χ0v) is 5.55. The van der Waals surface area contributed by atoms with E-state index in [1.807, 2.05) is 0 Å². The second-order valence-corrected chi connectivity index (χ2v) is 2.44. The minimum Gasteiger partial charge on any atom is -0.360 e. The Hall–Kier alpha value is -0.700. The Balaban J connectivity index is 2.78. The predicted octanol–water partition coefficient (Wildman–Crippen LogP) is 0.393. The highest BCUT2D eigenvalue weighted by molar-refractivity contribution is 5.92. The molecule has 0 saturated carbocycles. The van der Waals surface area contributed by atoms with E-state index in [2.05, 4.69) is 4.99 Å². The first-order valence-corrected chi connectivity index (χ1v) is 2.84. The van der Waals surface area contributed by atoms with Crippen LogP contribution in [0.4, 0.5) is 0 Å². The minimum atomic E-state index is -0.700. The average Bonchev–Trinajstić information content (AvgIpc) is 1.77. The van der Waals surface area contributed by atoms with Crippen molar-refractivity contribution in [3.05, 3.63) is 0 Å². The number of carbonyl (C=O) groups is 1. The lowest BCUT2D eigenvalue weighted by Crippen LogP contribution is -2.37. The maximum absolute atomic E-state index is 10.8. The van der Waals surface area contributed by atoms with E-state index < -0.39 is 5.60 Å². The number of hydrogen-bond donors (Lipinski definition) is 0. The monoisotopic (exact) mass is 127 g/mol. The van der Waals surface area contributed by atoms with E-state index in [-0.39, 0.29) is 5.91 Å². The number of amides is 1. The minimum absolute atomic E-state index is 0.200. The Bertz CT molecular complexity index is 160. The number of rotatable bonds is 0. The fourth-order valence-electron chi connectivity index (χ4n) is 0.583. The summed E-state index contributed by atoms with van der Waals surface area (Å²) in [5, 5.41) is 0. The van der Waals surface area contributed by atoms with Crippen LogP contribution in [0.5, 0.6) is 0 Å². The van der Waals surface area contributed by atoms with Crippen LogP contribution in [0.3, 0.4) is 0 Å². The van der Waals surface area contributed by atoms with Crippen molar-refractivity contribution in [2.45, 2.75) is 19.4 Å². The smallest absolute Gasteiger partial charge is 0.277 e. The molecular formula is C6H9NO2. The van der Waals surface area contributed by atoms with E-state index in [9.17, 15) is 4.79 Å². The van der Waals surface area contributed by atoms with Crippen molar-refractivity contribution in [3.8, 4) is 0 Å². The van der Waals surface area contributed by atoms with E-state index in [4.69, 9.17) is 4.74 Å². The molecule has 0 fully saturated rings. The third-order valence-electron chi connectivity index (χ3n) is 1.24. The van der Waals surface area contributed by atoms with E-state index >= 15 is 0 Å². The van der Waals surface area contributed by atoms with Gasteiger partial charge in [-0.15, -0.1) is 0 Å². The summed E-state index contributed by atoms with van der Waals surface area (Å²) < 4.78 is 5.08. The second-order valence-electron chi connectivity index (χ2n) is 2.44. The van der Waals surface area contributed by atoms with Gasteiger partial charge in [0.05, 0.1) is 6.61 Å². The van der Waals surface area contributed by atoms with Gasteiger partial charge in [0.15, 0.2) is 0 Å². The summed E-state index contributed by atoms with van der Waals surface area (Å²) in [5.41, 5.74) is -0.700. The number of ether oxygens (including phenoxy) is 1. The Morgan fingerprint density at radius 2 is 2.44 bits per heavy atom. The molecule has 0 radical (unpaired) electrons. The summed E-state index contributed by atoms with van der Waals surface area (Å²) in [4.78, 5) is 14.4. The molecule has 0 aromatic carbocycles. The highest BCUT2D eigenvalue weighted by Crippen LogP contribution is 2.12. The highest BCUT2D eigenvalue weighted by Gasteiger charge is 2.29. The van der Waals surface area contributed by atoms with Gasteiger partial charge in [-0.05, 0) is 13.8 Å². The van der Waals surface area contributed by atoms with Crippen molar-refractivity contribution >= 4 is 12.1 Å². The van der Waals surface area contributed by atoms with Gasteiger partial charge in [-0.25, -0.2) is 4.99 Å². The Labute approximate surface area is 53.7 Å². The summed E-state index contributed by atoms with van der Waals surface area (Å²) in [7, 11) is 0. The molecular weight excluding hydrogens is 118 g/mol. The molecule has 50 valence electrons. The van der Waals surface area contributed by atoms with Crippen LogP contribution in [0.25, 0.3) is 0 Å². The van der Waals surface area contributed by atoms with Gasteiger partial charge in [0.2, 0.25) is 0 Å². The maximum atomic E-state index is 10.8. The Morgan fingerprint density at radius 1 is 1.78 bits per heavy atom. The zero-order valence-electron chi connectivity index (χ0n) is 5.55. The van der Waals surface area contributed by atoms with Crippen molar-refractivity contribution in [1.82, 2.24) is 0 Å². The normalized spacial score (nSPS) is 24.4. The lowest BCUT2D eigenvalue weighted by Gasteiger charge is -2.22. The fraction of sp³-hybridized carbons (Fsp3) is 0.667. The zero-order chi connectivity index (χ0) is 6.91. The van der Waals surface area contributed by atoms with Crippen LogP contribution in [0.2, 0.25) is 0 Å². The molecule has 1 amide bonds. The summed E-state index contributed by atoms with van der Waals surface area (Å²) >= 11 is 0. The first-order valence-electron chi connectivity index (χ1n) is 2.84. The van der Waals surface area contributed by atoms with Gasteiger partial charge in [0.1, 0.15) is 5.60 Å². The van der Waals surface area contributed by atoms with E-state index in [0.717, 1.165) is 0 Å². The molecule has 1 aliphatic rings. The molecule has 9 heavy (non-hydrogen) atoms. The van der Waals surface area contributed by atoms with E-state index in [1.54, 1.807) is 13.8 Å². The van der Waals surface area contributed by atoms with Crippen LogP contribution in [-0.2, 0) is 9.53 Å². The largest absolute Gasteiger partial charge is 0.360 e. The van der Waals surface area contributed by atoms with Gasteiger partial charge in [0.25, 0.3) is 5.91 Å². The second kappa shape index (κ2) is 1.92. The molecule has 1 heterocycles. The van der Waals surface area contributed by atoms with Gasteiger partial charge in [-0.3, -0.25) is 4.79 Å². The van der Waals surface area contributed by atoms with Gasteiger partial charge in [-0.1, -0.05) is 0 Å². The highest BCUT2D eigenvalue weighted by atomic mass is 16.5. The van der Waals surface area contributed by atoms with E-state index in [1.165, 1.54) is 6.21 Å². The summed E-state index contributed by atoms with van der Waals surface area (Å²) in [6.07, 6.45) is 1.48. The quantitative estimate of drug-likeness (QED) is 0.472. The standard InChI is InChI=1S/C6H9NO2/c1-6(2)5(8)7-3-4-9-6/h3H,4H2,1-2H3. The topological polar surface area (TPSA) is 38.7 Å². The van der Waals surface area contributed by atoms with Crippen LogP contribution in [0.1, 0.15) is 13.8 Å². The molecule has 1 aliphatic heterocycles. The molecule has 0 atom stereocenters. The molecule has 1 rings (SSSR count). The van der Waals surface area contributed by atoms with Gasteiger partial charge in [-0.2, -0.15) is 0 Å². The molecule has 0 aromatic rings. The molecule has 0 N–H and O–H groups in total. The number of hydrogen-bond acceptors (Lipinski definition) is 2. The summed E-state index contributed by atoms with van der Waals surface area (Å²) in [6.45, 7) is 3.87. The maximum Gasteiger partial charge on any atom is 0.277 e. The number of aliphatic imine (C=N–C) groups is 1. The van der Waals surface area contributed by atoms with Crippen LogP contribution >= 0.6 is 0 Å². The molecule has 0 unspecified atom stereocenters. The van der Waals surface area contributed by atoms with Crippen molar-refractivity contribution in [2.24, 2.45) is 4.99 Å². The molecule has 0 saturated heterocycles. The van der Waals surface area contributed by atoms with Crippen LogP contribution < -0.4 is 0 Å². The first kappa shape index (κ1) is 6.42. The predicted molar refractivity (Wildman–Crippen MR) is 33.5 cm³/mol. The summed E-state index contributed by atoms with van der Waals surface area (Å²) in [6, 6.07) is 0. The third kappa shape index (κ3) is 1.16. The Kier molecular flexibility index (Phi) is 1.37. The van der Waals surface area contributed by atoms with Crippen LogP contribution in [0, 0.1) is 0 Å². The molecule has 3 heteroatoms. The lowest BCUT2D eigenvalue weighted by atomic mass is 10.1. The third-order valence-corrected chi connectivity index (χ3v) is 1.24. The SMILES string of the molecule is CC1(C)OCC=NC1=O. The number of nitrogens with zero attached hydrogens (tertiary/aromatic N) is 1. The van der Waals surface area contributed by atoms with Crippen molar-refractivity contribution < 1.29 is 9.53 Å². The van der Waals surface area contributed by atoms with Gasteiger partial charge in [0, 0.05) is 6.21 Å². The Morgan fingerprint density at radius 3 is 2.78 bits per heavy atom. The number of carbonyl (C=O) groups excluding carboxylic acids is 1. The van der Waals surface area contributed by atoms with E-state index in [0.29, 0.717) is 6.61 Å². The van der Waals surface area contributed by atoms with Gasteiger partial charge < -0.3 is 4.74 Å².